The number of thioether (sulfide) groups is 2. The van der Waals surface area contributed by atoms with Crippen LogP contribution in [0.3, 0.4) is 0 Å². The predicted octanol–water partition coefficient (Wildman–Crippen LogP) is 4.52. The maximum atomic E-state index is 13.0. The van der Waals surface area contributed by atoms with Crippen LogP contribution in [-0.2, 0) is 27.2 Å². The molecule has 0 fully saturated rings. The van der Waals surface area contributed by atoms with E-state index < -0.39 is 24.0 Å². The van der Waals surface area contributed by atoms with Crippen molar-refractivity contribution < 1.29 is 19.1 Å². The van der Waals surface area contributed by atoms with Gasteiger partial charge in [0.2, 0.25) is 5.91 Å². The minimum Gasteiger partial charge on any atom is -0.497 e. The standard InChI is InChI=1S/C25H32Cl2N2O4S2/c1-3-33-25(31)23(15-17-4-6-19(32-2)7-5-17)29-24(30)22(28)14-18-12-20(34-10-8-26)16-21(13-18)35-11-9-27/h4-7,12-13,16,22-23H,3,8-11,14-15,28H2,1-2H3,(H,29,30)/t22-,23-/m0/s1. The molecule has 2 atom stereocenters. The van der Waals surface area contributed by atoms with Crippen LogP contribution in [0.2, 0.25) is 0 Å². The summed E-state index contributed by atoms with van der Waals surface area (Å²) in [5.74, 6) is 2.46. The molecule has 0 aliphatic rings. The van der Waals surface area contributed by atoms with E-state index >= 15 is 0 Å². The van der Waals surface area contributed by atoms with Crippen LogP contribution in [0.1, 0.15) is 18.1 Å². The van der Waals surface area contributed by atoms with Crippen molar-refractivity contribution in [3.63, 3.8) is 0 Å². The van der Waals surface area contributed by atoms with Gasteiger partial charge in [-0.15, -0.1) is 46.7 Å². The van der Waals surface area contributed by atoms with Crippen LogP contribution in [0.5, 0.6) is 5.75 Å². The van der Waals surface area contributed by atoms with Gasteiger partial charge in [-0.3, -0.25) is 4.79 Å². The Kier molecular flexibility index (Phi) is 13.7. The number of carbonyl (C=O) groups is 2. The van der Waals surface area contributed by atoms with Crippen LogP contribution < -0.4 is 15.8 Å². The molecule has 192 valence electrons. The highest BCUT2D eigenvalue weighted by Crippen LogP contribution is 2.28. The van der Waals surface area contributed by atoms with Gasteiger partial charge in [-0.1, -0.05) is 12.1 Å². The molecule has 2 aromatic rings. The number of amides is 1. The average molecular weight is 560 g/mol. The van der Waals surface area contributed by atoms with Gasteiger partial charge in [0.25, 0.3) is 0 Å². The molecule has 0 unspecified atom stereocenters. The van der Waals surface area contributed by atoms with Gasteiger partial charge in [0, 0.05) is 39.5 Å². The number of carbonyl (C=O) groups excluding carboxylic acids is 2. The van der Waals surface area contributed by atoms with Crippen LogP contribution in [0, 0.1) is 0 Å². The van der Waals surface area contributed by atoms with Gasteiger partial charge in [-0.25, -0.2) is 4.79 Å². The molecule has 0 heterocycles. The monoisotopic (exact) mass is 558 g/mol. The Morgan fingerprint density at radius 3 is 2.09 bits per heavy atom. The molecule has 2 aromatic carbocycles. The summed E-state index contributed by atoms with van der Waals surface area (Å²) in [5, 5.41) is 2.78. The molecule has 0 aromatic heterocycles. The summed E-state index contributed by atoms with van der Waals surface area (Å²) in [6.07, 6.45) is 0.610. The molecular formula is C25H32Cl2N2O4S2. The summed E-state index contributed by atoms with van der Waals surface area (Å²) in [7, 11) is 1.59. The fourth-order valence-electron chi connectivity index (χ4n) is 3.29. The first-order valence-electron chi connectivity index (χ1n) is 11.3. The summed E-state index contributed by atoms with van der Waals surface area (Å²) in [4.78, 5) is 27.6. The van der Waals surface area contributed by atoms with Gasteiger partial charge in [-0.05, 0) is 54.8 Å². The summed E-state index contributed by atoms with van der Waals surface area (Å²) in [6, 6.07) is 11.8. The van der Waals surface area contributed by atoms with E-state index in [2.05, 4.69) is 11.4 Å². The van der Waals surface area contributed by atoms with Gasteiger partial charge in [0.05, 0.1) is 19.8 Å². The molecule has 3 N–H and O–H groups in total. The lowest BCUT2D eigenvalue weighted by Crippen LogP contribution is -2.50. The first-order valence-corrected chi connectivity index (χ1v) is 14.3. The molecule has 1 amide bonds. The Morgan fingerprint density at radius 2 is 1.57 bits per heavy atom. The zero-order chi connectivity index (χ0) is 25.6. The summed E-state index contributed by atoms with van der Waals surface area (Å²) >= 11 is 15.0. The Hall–Kier alpha value is -1.58. The first kappa shape index (κ1) is 29.6. The average Bonchev–Trinajstić information content (AvgIpc) is 2.86. The van der Waals surface area contributed by atoms with E-state index in [1.807, 2.05) is 24.3 Å². The Labute approximate surface area is 226 Å². The van der Waals surface area contributed by atoms with E-state index in [0.717, 1.165) is 32.4 Å². The SMILES string of the molecule is CCOC(=O)[C@H](Cc1ccc(OC)cc1)NC(=O)[C@@H](N)Cc1cc(SCCCl)cc(SCCCl)c1. The highest BCUT2D eigenvalue weighted by Gasteiger charge is 2.25. The number of nitrogens with two attached hydrogens (primary N) is 1. The molecule has 0 aliphatic heterocycles. The minimum absolute atomic E-state index is 0.218. The summed E-state index contributed by atoms with van der Waals surface area (Å²) in [6.45, 7) is 1.94. The van der Waals surface area contributed by atoms with Gasteiger partial charge < -0.3 is 20.5 Å². The zero-order valence-electron chi connectivity index (χ0n) is 19.9. The molecule has 0 saturated carbocycles. The van der Waals surface area contributed by atoms with E-state index in [-0.39, 0.29) is 13.0 Å². The molecule has 10 heteroatoms. The molecule has 6 nitrogen and oxygen atoms in total. The van der Waals surface area contributed by atoms with Crippen molar-refractivity contribution in [3.05, 3.63) is 53.6 Å². The van der Waals surface area contributed by atoms with Gasteiger partial charge in [0.15, 0.2) is 0 Å². The van der Waals surface area contributed by atoms with Crippen molar-refractivity contribution in [2.24, 2.45) is 5.73 Å². The van der Waals surface area contributed by atoms with Crippen molar-refractivity contribution in [3.8, 4) is 5.75 Å². The zero-order valence-corrected chi connectivity index (χ0v) is 23.1. The molecule has 0 aliphatic carbocycles. The third-order valence-corrected chi connectivity index (χ3v) is 7.69. The quantitative estimate of drug-likeness (QED) is 0.188. The van der Waals surface area contributed by atoms with E-state index in [0.29, 0.717) is 23.9 Å². The lowest BCUT2D eigenvalue weighted by atomic mass is 10.0. The molecule has 0 bridgehead atoms. The normalized spacial score (nSPS) is 12.6. The smallest absolute Gasteiger partial charge is 0.328 e. The Morgan fingerprint density at radius 1 is 0.971 bits per heavy atom. The molecule has 0 saturated heterocycles. The number of rotatable bonds is 15. The van der Waals surface area contributed by atoms with Crippen molar-refractivity contribution in [1.29, 1.82) is 0 Å². The highest BCUT2D eigenvalue weighted by molar-refractivity contribution is 8.00. The molecule has 0 radical (unpaired) electrons. The largest absolute Gasteiger partial charge is 0.497 e. The van der Waals surface area contributed by atoms with Crippen LogP contribution >= 0.6 is 46.7 Å². The first-order chi connectivity index (χ1) is 16.9. The lowest BCUT2D eigenvalue weighted by Gasteiger charge is -2.20. The summed E-state index contributed by atoms with van der Waals surface area (Å²) < 4.78 is 10.4. The third kappa shape index (κ3) is 10.5. The second kappa shape index (κ2) is 16.2. The minimum atomic E-state index is -0.845. The van der Waals surface area contributed by atoms with Gasteiger partial charge in [-0.2, -0.15) is 0 Å². The fraction of sp³-hybridized carbons (Fsp3) is 0.440. The molecule has 0 spiro atoms. The number of hydrogen-bond donors (Lipinski definition) is 2. The van der Waals surface area contributed by atoms with Crippen LogP contribution in [-0.4, -0.2) is 60.9 Å². The number of benzene rings is 2. The topological polar surface area (TPSA) is 90.6 Å². The number of halogens is 2. The van der Waals surface area contributed by atoms with Gasteiger partial charge in [0.1, 0.15) is 11.8 Å². The second-order valence-corrected chi connectivity index (χ2v) is 10.7. The molecule has 2 rings (SSSR count). The number of ether oxygens (including phenoxy) is 2. The van der Waals surface area contributed by atoms with Crippen molar-refractivity contribution in [2.75, 3.05) is 37.0 Å². The van der Waals surface area contributed by atoms with E-state index in [4.69, 9.17) is 38.4 Å². The summed E-state index contributed by atoms with van der Waals surface area (Å²) in [5.41, 5.74) is 8.07. The predicted molar refractivity (Wildman–Crippen MR) is 146 cm³/mol. The second-order valence-electron chi connectivity index (χ2n) is 7.56. The van der Waals surface area contributed by atoms with E-state index in [1.54, 1.807) is 49.7 Å². The third-order valence-electron chi connectivity index (χ3n) is 4.91. The van der Waals surface area contributed by atoms with Gasteiger partial charge >= 0.3 is 5.97 Å². The molecular weight excluding hydrogens is 527 g/mol. The Balaban J connectivity index is 2.11. The Bertz CT molecular complexity index is 921. The van der Waals surface area contributed by atoms with E-state index in [1.165, 1.54) is 0 Å². The number of nitrogens with one attached hydrogen (secondary N) is 1. The van der Waals surface area contributed by atoms with Crippen LogP contribution in [0.4, 0.5) is 0 Å². The lowest BCUT2D eigenvalue weighted by molar-refractivity contribution is -0.147. The highest BCUT2D eigenvalue weighted by atomic mass is 35.5. The van der Waals surface area contributed by atoms with Crippen molar-refractivity contribution in [1.82, 2.24) is 5.32 Å². The number of hydrogen-bond acceptors (Lipinski definition) is 7. The number of methoxy groups -OCH3 is 1. The fourth-order valence-corrected chi connectivity index (χ4v) is 5.34. The van der Waals surface area contributed by atoms with Crippen LogP contribution in [0.25, 0.3) is 0 Å². The maximum absolute atomic E-state index is 13.0. The number of esters is 1. The number of alkyl halides is 2. The van der Waals surface area contributed by atoms with Crippen molar-refractivity contribution >= 4 is 58.6 Å². The van der Waals surface area contributed by atoms with E-state index in [9.17, 15) is 9.59 Å². The van der Waals surface area contributed by atoms with Crippen LogP contribution in [0.15, 0.2) is 52.3 Å². The van der Waals surface area contributed by atoms with Crippen molar-refractivity contribution in [2.45, 2.75) is 41.6 Å². The maximum Gasteiger partial charge on any atom is 0.328 e. The molecule has 35 heavy (non-hydrogen) atoms.